The number of rotatable bonds is 5. The first-order valence-electron chi connectivity index (χ1n) is 11.0. The lowest BCUT2D eigenvalue weighted by atomic mass is 9.88. The topological polar surface area (TPSA) is 91.6 Å². The average Bonchev–Trinajstić information content (AvgIpc) is 3.10. The van der Waals surface area contributed by atoms with E-state index >= 15 is 0 Å². The Bertz CT molecular complexity index is 1310. The number of aryl methyl sites for hydroxylation is 1. The Kier molecular flexibility index (Phi) is 6.09. The van der Waals surface area contributed by atoms with Gasteiger partial charge in [0, 0.05) is 54.9 Å². The second kappa shape index (κ2) is 8.70. The lowest BCUT2D eigenvalue weighted by Gasteiger charge is -2.33. The van der Waals surface area contributed by atoms with Crippen LogP contribution in [0.5, 0.6) is 5.75 Å². The molecule has 1 aliphatic heterocycles. The Hall–Kier alpha value is -3.07. The Balaban J connectivity index is 1.60. The number of likely N-dealkylation sites (tertiary alicyclic amines) is 1. The summed E-state index contributed by atoms with van der Waals surface area (Å²) in [5.41, 5.74) is 2.49. The third-order valence-electron chi connectivity index (χ3n) is 6.24. The molecule has 0 atom stereocenters. The highest BCUT2D eigenvalue weighted by molar-refractivity contribution is 7.92. The van der Waals surface area contributed by atoms with Crippen LogP contribution < -0.4 is 4.72 Å². The molecule has 1 fully saturated rings. The molecule has 7 nitrogen and oxygen atoms in total. The first-order valence-corrected chi connectivity index (χ1v) is 12.4. The van der Waals surface area contributed by atoms with Crippen LogP contribution in [-0.2, 0) is 21.9 Å². The van der Waals surface area contributed by atoms with Crippen molar-refractivity contribution in [2.24, 2.45) is 13.0 Å². The molecule has 9 heteroatoms. The lowest BCUT2D eigenvalue weighted by molar-refractivity contribution is -0.135. The fourth-order valence-corrected chi connectivity index (χ4v) is 5.53. The van der Waals surface area contributed by atoms with E-state index in [4.69, 9.17) is 0 Å². The quantitative estimate of drug-likeness (QED) is 0.581. The van der Waals surface area contributed by atoms with E-state index in [1.807, 2.05) is 36.4 Å². The smallest absolute Gasteiger partial charge is 0.262 e. The summed E-state index contributed by atoms with van der Waals surface area (Å²) in [6.45, 7) is 5.24. The molecule has 1 aliphatic rings. The largest absolute Gasteiger partial charge is 0.505 e. The number of hydrogen-bond acceptors (Lipinski definition) is 4. The number of piperidine rings is 1. The van der Waals surface area contributed by atoms with Crippen LogP contribution in [0.25, 0.3) is 10.9 Å². The summed E-state index contributed by atoms with van der Waals surface area (Å²) in [4.78, 5) is 14.0. The summed E-state index contributed by atoms with van der Waals surface area (Å²) in [6, 6.07) is 8.25. The zero-order valence-corrected chi connectivity index (χ0v) is 19.7. The molecule has 0 unspecified atom stereocenters. The number of nitrogens with zero attached hydrogens (tertiary/aromatic N) is 2. The second-order valence-electron chi connectivity index (χ2n) is 8.90. The highest BCUT2D eigenvalue weighted by atomic mass is 32.2. The number of phenolic OH excluding ortho intramolecular Hbond substituents is 1. The molecule has 1 saturated heterocycles. The standard InChI is InChI=1S/C24H28FN3O4S/c1-15(2)24(30)28-10-8-16(9-11-28)20-14-27(3)22-7-4-17(12-19(20)22)26-33(31,32)18-5-6-21(25)23(29)13-18/h4-7,12-16,26,29H,8-11H2,1-3H3. The van der Waals surface area contributed by atoms with Crippen LogP contribution in [0, 0.1) is 11.7 Å². The van der Waals surface area contributed by atoms with E-state index in [9.17, 15) is 22.7 Å². The number of amides is 1. The maximum Gasteiger partial charge on any atom is 0.262 e. The minimum absolute atomic E-state index is 0.0160. The monoisotopic (exact) mass is 473 g/mol. The van der Waals surface area contributed by atoms with E-state index in [1.165, 1.54) is 0 Å². The van der Waals surface area contributed by atoms with Gasteiger partial charge in [0.25, 0.3) is 10.0 Å². The first-order chi connectivity index (χ1) is 15.6. The van der Waals surface area contributed by atoms with E-state index < -0.39 is 21.6 Å². The number of sulfonamides is 1. The maximum atomic E-state index is 13.3. The molecule has 2 aromatic carbocycles. The van der Waals surface area contributed by atoms with Gasteiger partial charge >= 0.3 is 0 Å². The number of anilines is 1. The molecule has 1 amide bonds. The molecule has 0 aliphatic carbocycles. The molecule has 2 N–H and O–H groups in total. The molecule has 33 heavy (non-hydrogen) atoms. The lowest BCUT2D eigenvalue weighted by Crippen LogP contribution is -2.40. The number of aromatic hydroxyl groups is 1. The van der Waals surface area contributed by atoms with Crippen molar-refractivity contribution in [3.8, 4) is 5.75 Å². The van der Waals surface area contributed by atoms with Gasteiger partial charge in [-0.3, -0.25) is 9.52 Å². The van der Waals surface area contributed by atoms with E-state index in [0.717, 1.165) is 47.5 Å². The van der Waals surface area contributed by atoms with E-state index in [0.29, 0.717) is 18.8 Å². The van der Waals surface area contributed by atoms with Crippen molar-refractivity contribution in [3.63, 3.8) is 0 Å². The van der Waals surface area contributed by atoms with Gasteiger partial charge in [0.1, 0.15) is 0 Å². The molecule has 176 valence electrons. The fraction of sp³-hybridized carbons (Fsp3) is 0.375. The molecule has 0 radical (unpaired) electrons. The van der Waals surface area contributed by atoms with Crippen LogP contribution in [0.1, 0.15) is 38.2 Å². The van der Waals surface area contributed by atoms with Crippen molar-refractivity contribution in [2.45, 2.75) is 37.5 Å². The summed E-state index contributed by atoms with van der Waals surface area (Å²) in [7, 11) is -2.05. The van der Waals surface area contributed by atoms with Crippen molar-refractivity contribution in [3.05, 3.63) is 54.0 Å². The van der Waals surface area contributed by atoms with Crippen LogP contribution in [0.3, 0.4) is 0 Å². The van der Waals surface area contributed by atoms with Crippen LogP contribution in [0.4, 0.5) is 10.1 Å². The molecule has 4 rings (SSSR count). The predicted octanol–water partition coefficient (Wildman–Crippen LogP) is 4.19. The number of aromatic nitrogens is 1. The molecule has 3 aromatic rings. The van der Waals surface area contributed by atoms with Gasteiger partial charge in [-0.1, -0.05) is 13.8 Å². The van der Waals surface area contributed by atoms with Crippen molar-refractivity contribution in [1.82, 2.24) is 9.47 Å². The van der Waals surface area contributed by atoms with Gasteiger partial charge in [0.2, 0.25) is 5.91 Å². The summed E-state index contributed by atoms with van der Waals surface area (Å²) in [5, 5.41) is 10.5. The van der Waals surface area contributed by atoms with Crippen LogP contribution in [0.15, 0.2) is 47.5 Å². The molecule has 0 spiro atoms. The molecule has 0 saturated carbocycles. The van der Waals surface area contributed by atoms with E-state index in [-0.39, 0.29) is 22.6 Å². The van der Waals surface area contributed by atoms with Gasteiger partial charge in [-0.25, -0.2) is 12.8 Å². The molecule has 0 bridgehead atoms. The zero-order chi connectivity index (χ0) is 23.9. The Morgan fingerprint density at radius 1 is 1.15 bits per heavy atom. The van der Waals surface area contributed by atoms with Crippen molar-refractivity contribution < 1.29 is 22.7 Å². The SMILES string of the molecule is CC(C)C(=O)N1CCC(c2cn(C)c3ccc(NS(=O)(=O)c4ccc(F)c(O)c4)cc23)CC1. The van der Waals surface area contributed by atoms with Crippen molar-refractivity contribution >= 4 is 32.5 Å². The number of carbonyl (C=O) groups is 1. The predicted molar refractivity (Wildman–Crippen MR) is 125 cm³/mol. The molecule has 2 heterocycles. The van der Waals surface area contributed by atoms with E-state index in [1.54, 1.807) is 12.1 Å². The number of nitrogens with one attached hydrogen (secondary N) is 1. The Morgan fingerprint density at radius 2 is 1.85 bits per heavy atom. The number of benzene rings is 2. The van der Waals surface area contributed by atoms with Crippen LogP contribution in [0.2, 0.25) is 0 Å². The highest BCUT2D eigenvalue weighted by Gasteiger charge is 2.27. The molecular formula is C24H28FN3O4S. The third-order valence-corrected chi connectivity index (χ3v) is 7.62. The first kappa shape index (κ1) is 23.1. The molecule has 1 aromatic heterocycles. The van der Waals surface area contributed by atoms with Crippen molar-refractivity contribution in [2.75, 3.05) is 17.8 Å². The maximum absolute atomic E-state index is 13.3. The fourth-order valence-electron chi connectivity index (χ4n) is 4.46. The normalized spacial score (nSPS) is 15.4. The van der Waals surface area contributed by atoms with Crippen LogP contribution in [-0.4, -0.2) is 42.0 Å². The Labute approximate surface area is 192 Å². The average molecular weight is 474 g/mol. The van der Waals surface area contributed by atoms with Gasteiger partial charge < -0.3 is 14.6 Å². The zero-order valence-electron chi connectivity index (χ0n) is 18.9. The van der Waals surface area contributed by atoms with Gasteiger partial charge in [-0.05, 0) is 54.7 Å². The third kappa shape index (κ3) is 4.55. The summed E-state index contributed by atoms with van der Waals surface area (Å²) in [5.74, 6) is -1.18. The minimum atomic E-state index is -4.00. The Morgan fingerprint density at radius 3 is 2.48 bits per heavy atom. The summed E-state index contributed by atoms with van der Waals surface area (Å²) >= 11 is 0. The van der Waals surface area contributed by atoms with Crippen LogP contribution >= 0.6 is 0 Å². The summed E-state index contributed by atoms with van der Waals surface area (Å²) < 4.78 is 43.4. The van der Waals surface area contributed by atoms with E-state index in [2.05, 4.69) is 10.9 Å². The van der Waals surface area contributed by atoms with Gasteiger partial charge in [-0.2, -0.15) is 0 Å². The number of fused-ring (bicyclic) bond motifs is 1. The summed E-state index contributed by atoms with van der Waals surface area (Å²) in [6.07, 6.45) is 3.77. The second-order valence-corrected chi connectivity index (χ2v) is 10.6. The van der Waals surface area contributed by atoms with Gasteiger partial charge in [0.05, 0.1) is 4.90 Å². The highest BCUT2D eigenvalue weighted by Crippen LogP contribution is 2.36. The number of carbonyl (C=O) groups excluding carboxylic acids is 1. The van der Waals surface area contributed by atoms with Gasteiger partial charge in [-0.15, -0.1) is 0 Å². The molecular weight excluding hydrogens is 445 g/mol. The number of phenols is 1. The number of hydrogen-bond donors (Lipinski definition) is 2. The van der Waals surface area contributed by atoms with Crippen molar-refractivity contribution in [1.29, 1.82) is 0 Å². The number of halogens is 1. The van der Waals surface area contributed by atoms with Gasteiger partial charge in [0.15, 0.2) is 11.6 Å². The minimum Gasteiger partial charge on any atom is -0.505 e.